The first-order valence-electron chi connectivity index (χ1n) is 9.56. The van der Waals surface area contributed by atoms with Gasteiger partial charge >= 0.3 is 0 Å². The van der Waals surface area contributed by atoms with Gasteiger partial charge in [-0.2, -0.15) is 0 Å². The Hall–Kier alpha value is -1.49. The van der Waals surface area contributed by atoms with Crippen molar-refractivity contribution in [3.8, 4) is 0 Å². The van der Waals surface area contributed by atoms with Crippen molar-refractivity contribution in [3.63, 3.8) is 0 Å². The van der Waals surface area contributed by atoms with E-state index in [4.69, 9.17) is 0 Å². The SMILES string of the molecule is Cc1ccc(F)c(C(=O)N2CCCN(C3CCCCCC3)CC2)c1F. The summed E-state index contributed by atoms with van der Waals surface area (Å²) in [5.74, 6) is -2.01. The second kappa shape index (κ2) is 8.26. The largest absolute Gasteiger partial charge is 0.337 e. The molecule has 25 heavy (non-hydrogen) atoms. The first-order chi connectivity index (χ1) is 12.1. The molecule has 3 rings (SSSR count). The maximum atomic E-state index is 14.3. The van der Waals surface area contributed by atoms with Crippen molar-refractivity contribution >= 4 is 5.91 Å². The second-order valence-electron chi connectivity index (χ2n) is 7.38. The lowest BCUT2D eigenvalue weighted by molar-refractivity contribution is 0.0747. The van der Waals surface area contributed by atoms with Crippen molar-refractivity contribution in [2.45, 2.75) is 57.9 Å². The van der Waals surface area contributed by atoms with Crippen LogP contribution in [0.2, 0.25) is 0 Å². The highest BCUT2D eigenvalue weighted by molar-refractivity contribution is 5.95. The Bertz CT molecular complexity index is 612. The molecular formula is C20H28F2N2O. The van der Waals surface area contributed by atoms with Crippen LogP contribution in [0.3, 0.4) is 0 Å². The topological polar surface area (TPSA) is 23.6 Å². The average molecular weight is 350 g/mol. The number of carbonyl (C=O) groups excluding carboxylic acids is 1. The summed E-state index contributed by atoms with van der Waals surface area (Å²) in [6.45, 7) is 4.43. The molecule has 0 N–H and O–H groups in total. The average Bonchev–Trinajstić information content (AvgIpc) is 3.01. The van der Waals surface area contributed by atoms with Gasteiger partial charge in [0.15, 0.2) is 0 Å². The smallest absolute Gasteiger partial charge is 0.259 e. The fraction of sp³-hybridized carbons (Fsp3) is 0.650. The summed E-state index contributed by atoms with van der Waals surface area (Å²) in [4.78, 5) is 16.8. The minimum absolute atomic E-state index is 0.305. The van der Waals surface area contributed by atoms with Crippen molar-refractivity contribution in [2.75, 3.05) is 26.2 Å². The van der Waals surface area contributed by atoms with Gasteiger partial charge in [0.05, 0.1) is 0 Å². The van der Waals surface area contributed by atoms with E-state index in [2.05, 4.69) is 4.90 Å². The summed E-state index contributed by atoms with van der Waals surface area (Å²) in [6.07, 6.45) is 8.52. The molecule has 0 radical (unpaired) electrons. The summed E-state index contributed by atoms with van der Waals surface area (Å²) in [5, 5.41) is 0. The third-order valence-corrected chi connectivity index (χ3v) is 5.66. The molecule has 0 aromatic heterocycles. The van der Waals surface area contributed by atoms with Gasteiger partial charge in [-0.15, -0.1) is 0 Å². The van der Waals surface area contributed by atoms with Crippen molar-refractivity contribution in [2.24, 2.45) is 0 Å². The number of nitrogens with zero attached hydrogens (tertiary/aromatic N) is 2. The van der Waals surface area contributed by atoms with Crippen LogP contribution >= 0.6 is 0 Å². The van der Waals surface area contributed by atoms with E-state index < -0.39 is 23.1 Å². The van der Waals surface area contributed by atoms with Gasteiger partial charge in [-0.25, -0.2) is 8.78 Å². The van der Waals surface area contributed by atoms with Crippen LogP contribution in [0.25, 0.3) is 0 Å². The molecule has 1 heterocycles. The Morgan fingerprint density at radius 3 is 2.40 bits per heavy atom. The molecule has 1 aromatic carbocycles. The van der Waals surface area contributed by atoms with Crippen LogP contribution < -0.4 is 0 Å². The van der Waals surface area contributed by atoms with E-state index in [-0.39, 0.29) is 0 Å². The van der Waals surface area contributed by atoms with E-state index in [1.807, 2.05) is 0 Å². The third-order valence-electron chi connectivity index (χ3n) is 5.66. The number of carbonyl (C=O) groups is 1. The van der Waals surface area contributed by atoms with Gasteiger partial charge in [0.1, 0.15) is 17.2 Å². The number of hydrogen-bond donors (Lipinski definition) is 0. The molecule has 1 saturated heterocycles. The molecule has 0 spiro atoms. The van der Waals surface area contributed by atoms with E-state index in [1.54, 1.807) is 11.8 Å². The zero-order chi connectivity index (χ0) is 17.8. The Labute approximate surface area is 149 Å². The number of benzene rings is 1. The zero-order valence-corrected chi connectivity index (χ0v) is 15.1. The molecule has 0 bridgehead atoms. The number of aryl methyl sites for hydroxylation is 1. The molecule has 0 unspecified atom stereocenters. The Kier molecular flexibility index (Phi) is 6.05. The maximum Gasteiger partial charge on any atom is 0.259 e. The van der Waals surface area contributed by atoms with E-state index in [0.717, 1.165) is 19.5 Å². The second-order valence-corrected chi connectivity index (χ2v) is 7.38. The lowest BCUT2D eigenvalue weighted by Gasteiger charge is -2.30. The highest BCUT2D eigenvalue weighted by Gasteiger charge is 2.28. The predicted molar refractivity (Wildman–Crippen MR) is 94.7 cm³/mol. The van der Waals surface area contributed by atoms with Gasteiger partial charge in [0.2, 0.25) is 0 Å². The number of hydrogen-bond acceptors (Lipinski definition) is 2. The molecule has 1 aliphatic heterocycles. The molecule has 2 aliphatic rings. The van der Waals surface area contributed by atoms with Crippen LogP contribution in [0, 0.1) is 18.6 Å². The quantitative estimate of drug-likeness (QED) is 0.748. The van der Waals surface area contributed by atoms with E-state index >= 15 is 0 Å². The number of rotatable bonds is 2. The van der Waals surface area contributed by atoms with Crippen LogP contribution in [0.5, 0.6) is 0 Å². The van der Waals surface area contributed by atoms with Crippen LogP contribution in [-0.2, 0) is 0 Å². The fourth-order valence-corrected chi connectivity index (χ4v) is 4.14. The highest BCUT2D eigenvalue weighted by Crippen LogP contribution is 2.24. The molecule has 0 atom stereocenters. The van der Waals surface area contributed by atoms with Gasteiger partial charge in [0.25, 0.3) is 5.91 Å². The molecule has 1 aliphatic carbocycles. The van der Waals surface area contributed by atoms with Crippen molar-refractivity contribution in [3.05, 3.63) is 34.9 Å². The van der Waals surface area contributed by atoms with Crippen molar-refractivity contribution < 1.29 is 13.6 Å². The normalized spacial score (nSPS) is 21.0. The lowest BCUT2D eigenvalue weighted by Crippen LogP contribution is -2.39. The minimum atomic E-state index is -0.766. The summed E-state index contributed by atoms with van der Waals surface area (Å²) in [5.41, 5.74) is -0.0948. The molecule has 3 nitrogen and oxygen atoms in total. The third kappa shape index (κ3) is 4.20. The molecular weight excluding hydrogens is 322 g/mol. The Morgan fingerprint density at radius 1 is 0.960 bits per heavy atom. The first-order valence-corrected chi connectivity index (χ1v) is 9.56. The Morgan fingerprint density at radius 2 is 1.68 bits per heavy atom. The highest BCUT2D eigenvalue weighted by atomic mass is 19.1. The summed E-state index contributed by atoms with van der Waals surface area (Å²) < 4.78 is 28.3. The molecule has 1 amide bonds. The molecule has 138 valence electrons. The predicted octanol–water partition coefficient (Wildman–Crippen LogP) is 4.14. The minimum Gasteiger partial charge on any atom is -0.337 e. The first kappa shape index (κ1) is 18.3. The van der Waals surface area contributed by atoms with E-state index in [9.17, 15) is 13.6 Å². The van der Waals surface area contributed by atoms with Gasteiger partial charge in [-0.3, -0.25) is 9.69 Å². The molecule has 1 saturated carbocycles. The molecule has 5 heteroatoms. The number of amides is 1. The van der Waals surface area contributed by atoms with Crippen LogP contribution in [0.1, 0.15) is 60.9 Å². The summed E-state index contributed by atoms with van der Waals surface area (Å²) >= 11 is 0. The fourth-order valence-electron chi connectivity index (χ4n) is 4.14. The van der Waals surface area contributed by atoms with Gasteiger partial charge < -0.3 is 4.90 Å². The summed E-state index contributed by atoms with van der Waals surface area (Å²) in [6, 6.07) is 3.16. The Balaban J connectivity index is 1.68. The van der Waals surface area contributed by atoms with E-state index in [1.165, 1.54) is 50.7 Å². The lowest BCUT2D eigenvalue weighted by atomic mass is 10.1. The van der Waals surface area contributed by atoms with Crippen molar-refractivity contribution in [1.29, 1.82) is 0 Å². The van der Waals surface area contributed by atoms with Crippen LogP contribution in [-0.4, -0.2) is 47.9 Å². The van der Waals surface area contributed by atoms with Gasteiger partial charge in [-0.05, 0) is 37.8 Å². The zero-order valence-electron chi connectivity index (χ0n) is 15.1. The maximum absolute atomic E-state index is 14.3. The van der Waals surface area contributed by atoms with Gasteiger partial charge in [-0.1, -0.05) is 31.7 Å². The standard InChI is InChI=1S/C20H28F2N2O/c1-15-9-10-17(21)18(19(15)22)20(25)24-12-6-11-23(13-14-24)16-7-4-2-3-5-8-16/h9-10,16H,2-8,11-14H2,1H3. The monoisotopic (exact) mass is 350 g/mol. The van der Waals surface area contributed by atoms with Crippen LogP contribution in [0.15, 0.2) is 12.1 Å². The van der Waals surface area contributed by atoms with E-state index in [0.29, 0.717) is 24.7 Å². The number of halogens is 2. The molecule has 1 aromatic rings. The van der Waals surface area contributed by atoms with Crippen molar-refractivity contribution in [1.82, 2.24) is 9.80 Å². The molecule has 2 fully saturated rings. The summed E-state index contributed by atoms with van der Waals surface area (Å²) in [7, 11) is 0. The van der Waals surface area contributed by atoms with Gasteiger partial charge in [0, 0.05) is 32.2 Å². The van der Waals surface area contributed by atoms with Crippen LogP contribution in [0.4, 0.5) is 8.78 Å².